The molecule has 1 aromatic carbocycles. The van der Waals surface area contributed by atoms with Gasteiger partial charge in [-0.2, -0.15) is 0 Å². The van der Waals surface area contributed by atoms with Crippen LogP contribution in [0.4, 0.5) is 0 Å². The van der Waals surface area contributed by atoms with Crippen molar-refractivity contribution in [1.82, 2.24) is 9.88 Å². The molecule has 0 radical (unpaired) electrons. The fourth-order valence-corrected chi connectivity index (χ4v) is 3.77. The van der Waals surface area contributed by atoms with Crippen LogP contribution in [-0.4, -0.2) is 52.9 Å². The lowest BCUT2D eigenvalue weighted by Crippen LogP contribution is -3.12. The molecule has 1 amide bonds. The zero-order chi connectivity index (χ0) is 21.0. The largest absolute Gasteiger partial charge is 0.507 e. The molecule has 1 atom stereocenters. The lowest BCUT2D eigenvalue weighted by Gasteiger charge is -2.26. The van der Waals surface area contributed by atoms with Gasteiger partial charge >= 0.3 is 0 Å². The molecule has 152 valence electrons. The van der Waals surface area contributed by atoms with Crippen molar-refractivity contribution < 1.29 is 19.6 Å². The van der Waals surface area contributed by atoms with E-state index in [-0.39, 0.29) is 11.3 Å². The number of aromatic nitrogens is 1. The number of rotatable bonds is 7. The van der Waals surface area contributed by atoms with Gasteiger partial charge in [-0.15, -0.1) is 0 Å². The number of carbonyl (C=O) groups is 2. The van der Waals surface area contributed by atoms with E-state index < -0.39 is 17.7 Å². The lowest BCUT2D eigenvalue weighted by molar-refractivity contribution is -0.895. The normalized spacial score (nSPS) is 18.6. The van der Waals surface area contributed by atoms with E-state index in [9.17, 15) is 14.7 Å². The van der Waals surface area contributed by atoms with Crippen LogP contribution in [0, 0.1) is 0 Å². The number of nitrogens with zero attached hydrogens (tertiary/aromatic N) is 2. The molecular formula is C22H25ClN3O3+. The molecule has 2 heterocycles. The second kappa shape index (κ2) is 9.20. The molecule has 1 fully saturated rings. The number of ketones is 1. The molecule has 1 aliphatic rings. The van der Waals surface area contributed by atoms with Gasteiger partial charge in [0.1, 0.15) is 5.76 Å². The van der Waals surface area contributed by atoms with Crippen molar-refractivity contribution >= 4 is 29.1 Å². The highest BCUT2D eigenvalue weighted by molar-refractivity contribution is 6.46. The molecule has 29 heavy (non-hydrogen) atoms. The number of benzene rings is 1. The van der Waals surface area contributed by atoms with E-state index in [0.717, 1.165) is 25.2 Å². The number of hydrogen-bond acceptors (Lipinski definition) is 4. The monoisotopic (exact) mass is 414 g/mol. The van der Waals surface area contributed by atoms with E-state index in [1.54, 1.807) is 53.7 Å². The minimum Gasteiger partial charge on any atom is -0.507 e. The zero-order valence-electron chi connectivity index (χ0n) is 16.6. The third-order valence-corrected chi connectivity index (χ3v) is 5.64. The number of Topliss-reactive ketones (excluding diaryl/α,β-unsaturated/α-hetero) is 1. The van der Waals surface area contributed by atoms with Crippen molar-refractivity contribution in [3.63, 3.8) is 0 Å². The predicted octanol–water partition coefficient (Wildman–Crippen LogP) is 2.08. The van der Waals surface area contributed by atoms with Crippen molar-refractivity contribution in [2.75, 3.05) is 26.2 Å². The van der Waals surface area contributed by atoms with Crippen LogP contribution >= 0.6 is 11.6 Å². The standard InChI is InChI=1S/C22H24ClN3O3/c1-3-25(4-2)13-14-26-19(15-9-11-24-12-10-15)18(21(28)22(26)29)20(27)16-5-7-17(23)8-6-16/h5-12,19,27H,3-4,13-14H2,1-2H3/p+1/b20-18-/t19-/m1/s1. The average Bonchev–Trinajstić information content (AvgIpc) is 3.00. The van der Waals surface area contributed by atoms with E-state index >= 15 is 0 Å². The fourth-order valence-electron chi connectivity index (χ4n) is 3.65. The molecular weight excluding hydrogens is 390 g/mol. The Morgan fingerprint density at radius 1 is 1.10 bits per heavy atom. The number of pyridine rings is 1. The molecule has 2 aromatic rings. The smallest absolute Gasteiger partial charge is 0.295 e. The molecule has 1 saturated heterocycles. The zero-order valence-corrected chi connectivity index (χ0v) is 17.3. The van der Waals surface area contributed by atoms with E-state index in [1.807, 2.05) is 0 Å². The second-order valence-electron chi connectivity index (χ2n) is 6.99. The minimum atomic E-state index is -0.672. The van der Waals surface area contributed by atoms with Crippen LogP contribution in [0.1, 0.15) is 31.0 Å². The molecule has 0 unspecified atom stereocenters. The average molecular weight is 415 g/mol. The first-order valence-corrected chi connectivity index (χ1v) is 10.1. The van der Waals surface area contributed by atoms with Crippen LogP contribution in [-0.2, 0) is 9.59 Å². The van der Waals surface area contributed by atoms with Gasteiger partial charge in [-0.3, -0.25) is 14.6 Å². The molecule has 1 aromatic heterocycles. The van der Waals surface area contributed by atoms with Crippen molar-refractivity contribution in [3.05, 3.63) is 70.5 Å². The molecule has 0 saturated carbocycles. The number of quaternary nitrogens is 1. The summed E-state index contributed by atoms with van der Waals surface area (Å²) in [5, 5.41) is 11.5. The number of hydrogen-bond donors (Lipinski definition) is 2. The number of aliphatic hydroxyl groups excluding tert-OH is 1. The predicted molar refractivity (Wildman–Crippen MR) is 112 cm³/mol. The van der Waals surface area contributed by atoms with E-state index in [4.69, 9.17) is 11.6 Å². The maximum absolute atomic E-state index is 12.9. The Hall–Kier alpha value is -2.70. The van der Waals surface area contributed by atoms with Gasteiger partial charge < -0.3 is 14.9 Å². The first-order valence-electron chi connectivity index (χ1n) is 9.75. The minimum absolute atomic E-state index is 0.0954. The summed E-state index contributed by atoms with van der Waals surface area (Å²) < 4.78 is 0. The number of halogens is 1. The summed E-state index contributed by atoms with van der Waals surface area (Å²) in [4.78, 5) is 32.7. The molecule has 0 bridgehead atoms. The summed E-state index contributed by atoms with van der Waals surface area (Å²) in [5.41, 5.74) is 1.28. The highest BCUT2D eigenvalue weighted by Gasteiger charge is 2.46. The van der Waals surface area contributed by atoms with E-state index in [1.165, 1.54) is 4.90 Å². The Bertz CT molecular complexity index is 909. The summed E-state index contributed by atoms with van der Waals surface area (Å²) >= 11 is 5.94. The Balaban J connectivity index is 2.06. The Kier molecular flexibility index (Phi) is 6.67. The lowest BCUT2D eigenvalue weighted by atomic mass is 9.96. The number of nitrogens with one attached hydrogen (secondary N) is 1. The molecule has 7 heteroatoms. The van der Waals surface area contributed by atoms with Crippen LogP contribution in [0.25, 0.3) is 5.76 Å². The van der Waals surface area contributed by atoms with Gasteiger partial charge in [-0.25, -0.2) is 0 Å². The molecule has 3 rings (SSSR count). The Labute approximate surface area is 175 Å². The second-order valence-corrected chi connectivity index (χ2v) is 7.42. The van der Waals surface area contributed by atoms with Gasteiger partial charge in [0.2, 0.25) is 0 Å². The maximum Gasteiger partial charge on any atom is 0.295 e. The van der Waals surface area contributed by atoms with Crippen LogP contribution in [0.15, 0.2) is 54.4 Å². The molecule has 6 nitrogen and oxygen atoms in total. The number of aliphatic hydroxyl groups is 1. The Morgan fingerprint density at radius 3 is 2.31 bits per heavy atom. The summed E-state index contributed by atoms with van der Waals surface area (Å²) in [6.07, 6.45) is 3.24. The summed E-state index contributed by atoms with van der Waals surface area (Å²) in [5.74, 6) is -1.46. The SMILES string of the molecule is CC[NH+](CC)CCN1C(=O)C(=O)/C(=C(\O)c2ccc(Cl)cc2)[C@H]1c1ccncc1. The van der Waals surface area contributed by atoms with Gasteiger partial charge in [0.15, 0.2) is 0 Å². The fraction of sp³-hybridized carbons (Fsp3) is 0.318. The van der Waals surface area contributed by atoms with Crippen LogP contribution in [0.5, 0.6) is 0 Å². The molecule has 0 aliphatic carbocycles. The summed E-state index contributed by atoms with van der Waals surface area (Å²) in [6.45, 7) is 7.20. The van der Waals surface area contributed by atoms with Crippen LogP contribution < -0.4 is 4.90 Å². The number of likely N-dealkylation sites (tertiary alicyclic amines) is 1. The van der Waals surface area contributed by atoms with Crippen molar-refractivity contribution in [2.24, 2.45) is 0 Å². The van der Waals surface area contributed by atoms with Gasteiger partial charge in [-0.1, -0.05) is 11.6 Å². The Morgan fingerprint density at radius 2 is 1.72 bits per heavy atom. The molecule has 1 aliphatic heterocycles. The molecule has 0 spiro atoms. The van der Waals surface area contributed by atoms with E-state index in [0.29, 0.717) is 17.1 Å². The van der Waals surface area contributed by atoms with Crippen LogP contribution in [0.3, 0.4) is 0 Å². The number of amides is 1. The summed E-state index contributed by atoms with van der Waals surface area (Å²) in [6, 6.07) is 9.43. The van der Waals surface area contributed by atoms with Crippen molar-refractivity contribution in [1.29, 1.82) is 0 Å². The van der Waals surface area contributed by atoms with Crippen molar-refractivity contribution in [3.8, 4) is 0 Å². The highest BCUT2D eigenvalue weighted by Crippen LogP contribution is 2.38. The highest BCUT2D eigenvalue weighted by atomic mass is 35.5. The van der Waals surface area contributed by atoms with E-state index in [2.05, 4.69) is 18.8 Å². The first kappa shape index (κ1) is 21.0. The topological polar surface area (TPSA) is 74.9 Å². The molecule has 2 N–H and O–H groups in total. The first-order chi connectivity index (χ1) is 14.0. The van der Waals surface area contributed by atoms with Gasteiger partial charge in [0, 0.05) is 23.0 Å². The van der Waals surface area contributed by atoms with Gasteiger partial charge in [0.25, 0.3) is 11.7 Å². The third kappa shape index (κ3) is 4.33. The number of carbonyl (C=O) groups excluding carboxylic acids is 2. The van der Waals surface area contributed by atoms with Gasteiger partial charge in [0.05, 0.1) is 37.8 Å². The summed E-state index contributed by atoms with van der Waals surface area (Å²) in [7, 11) is 0. The maximum atomic E-state index is 12.9. The third-order valence-electron chi connectivity index (χ3n) is 5.39. The van der Waals surface area contributed by atoms with Crippen molar-refractivity contribution in [2.45, 2.75) is 19.9 Å². The number of likely N-dealkylation sites (N-methyl/N-ethyl adjacent to an activating group) is 1. The van der Waals surface area contributed by atoms with Crippen LogP contribution in [0.2, 0.25) is 5.02 Å². The quantitative estimate of drug-likeness (QED) is 0.413. The van der Waals surface area contributed by atoms with Gasteiger partial charge in [-0.05, 0) is 55.8 Å².